The van der Waals surface area contributed by atoms with Crippen LogP contribution in [0.5, 0.6) is 11.5 Å². The van der Waals surface area contributed by atoms with Crippen LogP contribution in [0.3, 0.4) is 0 Å². The number of hydrogen-bond acceptors (Lipinski definition) is 6. The number of nitrogens with zero attached hydrogens (tertiary/aromatic N) is 2. The maximum absolute atomic E-state index is 13.2. The van der Waals surface area contributed by atoms with Crippen LogP contribution in [0.2, 0.25) is 0 Å². The first-order valence-electron chi connectivity index (χ1n) is 10.3. The minimum atomic E-state index is -0.243. The number of carbonyl (C=O) groups is 2. The van der Waals surface area contributed by atoms with Crippen molar-refractivity contribution in [2.45, 2.75) is 19.9 Å². The third-order valence-electron chi connectivity index (χ3n) is 5.07. The third-order valence-corrected chi connectivity index (χ3v) is 6.08. The molecule has 0 N–H and O–H groups in total. The van der Waals surface area contributed by atoms with Gasteiger partial charge in [-0.1, -0.05) is 12.1 Å². The molecule has 1 aromatic heterocycles. The number of benzene rings is 1. The van der Waals surface area contributed by atoms with Crippen molar-refractivity contribution in [3.63, 3.8) is 0 Å². The molecule has 0 aliphatic heterocycles. The lowest BCUT2D eigenvalue weighted by molar-refractivity contribution is -0.142. The molecule has 2 rings (SSSR count). The molecule has 174 valence electrons. The molecule has 0 unspecified atom stereocenters. The molecule has 2 amide bonds. The van der Waals surface area contributed by atoms with Gasteiger partial charge in [0.25, 0.3) is 0 Å². The summed E-state index contributed by atoms with van der Waals surface area (Å²) in [6.45, 7) is 6.92. The average Bonchev–Trinajstić information content (AvgIpc) is 3.20. The summed E-state index contributed by atoms with van der Waals surface area (Å²) in [5.41, 5.74) is 2.18. The van der Waals surface area contributed by atoms with Crippen molar-refractivity contribution in [3.8, 4) is 11.5 Å². The van der Waals surface area contributed by atoms with Crippen LogP contribution in [0.4, 0.5) is 0 Å². The summed E-state index contributed by atoms with van der Waals surface area (Å²) < 4.78 is 15.6. The molecular weight excluding hydrogens is 428 g/mol. The lowest BCUT2D eigenvalue weighted by atomic mass is 10.1. The van der Waals surface area contributed by atoms with Gasteiger partial charge in [0.1, 0.15) is 13.2 Å². The summed E-state index contributed by atoms with van der Waals surface area (Å²) in [6, 6.07) is 7.79. The Morgan fingerprint density at radius 3 is 2.41 bits per heavy atom. The smallest absolute Gasteiger partial charge is 0.249 e. The largest absolute Gasteiger partial charge is 0.493 e. The van der Waals surface area contributed by atoms with Crippen molar-refractivity contribution in [1.29, 1.82) is 0 Å². The van der Waals surface area contributed by atoms with E-state index in [0.29, 0.717) is 31.0 Å². The molecule has 0 aliphatic carbocycles. The van der Waals surface area contributed by atoms with E-state index in [0.717, 1.165) is 16.0 Å². The summed E-state index contributed by atoms with van der Waals surface area (Å²) >= 11 is 1.62. The maximum atomic E-state index is 13.2. The second-order valence-corrected chi connectivity index (χ2v) is 8.28. The van der Waals surface area contributed by atoms with Crippen LogP contribution in [0, 0.1) is 6.92 Å². The van der Waals surface area contributed by atoms with Crippen LogP contribution < -0.4 is 9.47 Å². The molecule has 1 aromatic carbocycles. The predicted octanol–water partition coefficient (Wildman–Crippen LogP) is 3.31. The fraction of sp³-hybridized carbons (Fsp3) is 0.417. The number of aryl methyl sites for hydroxylation is 1. The van der Waals surface area contributed by atoms with E-state index < -0.39 is 0 Å². The Hall–Kier alpha value is -2.84. The highest BCUT2D eigenvalue weighted by atomic mass is 32.1. The fourth-order valence-corrected chi connectivity index (χ4v) is 4.14. The molecule has 0 aliphatic rings. The number of hydrogen-bond donors (Lipinski definition) is 0. The number of carbonyl (C=O) groups excluding carboxylic acids is 2. The van der Waals surface area contributed by atoms with E-state index in [2.05, 4.69) is 6.58 Å². The van der Waals surface area contributed by atoms with Gasteiger partial charge in [0.05, 0.1) is 20.8 Å². The van der Waals surface area contributed by atoms with Gasteiger partial charge in [-0.25, -0.2) is 0 Å². The zero-order chi connectivity index (χ0) is 23.5. The second kappa shape index (κ2) is 12.9. The molecule has 32 heavy (non-hydrogen) atoms. The summed E-state index contributed by atoms with van der Waals surface area (Å²) in [4.78, 5) is 30.0. The summed E-state index contributed by atoms with van der Waals surface area (Å²) in [6.07, 6.45) is 2.25. The Bertz CT molecular complexity index is 912. The summed E-state index contributed by atoms with van der Waals surface area (Å²) in [5, 5.41) is 2.02. The van der Waals surface area contributed by atoms with Gasteiger partial charge in [0.2, 0.25) is 11.8 Å². The normalized spacial score (nSPS) is 10.5. The zero-order valence-corrected chi connectivity index (χ0v) is 20.1. The van der Waals surface area contributed by atoms with Gasteiger partial charge in [-0.15, -0.1) is 17.9 Å². The second-order valence-electron chi connectivity index (χ2n) is 7.28. The van der Waals surface area contributed by atoms with Gasteiger partial charge in [-0.2, -0.15) is 0 Å². The van der Waals surface area contributed by atoms with E-state index in [1.54, 1.807) is 36.5 Å². The zero-order valence-electron chi connectivity index (χ0n) is 19.3. The van der Waals surface area contributed by atoms with Gasteiger partial charge in [0.15, 0.2) is 11.5 Å². The van der Waals surface area contributed by atoms with Crippen LogP contribution in [0.15, 0.2) is 42.3 Å². The van der Waals surface area contributed by atoms with Crippen molar-refractivity contribution in [1.82, 2.24) is 9.80 Å². The minimum Gasteiger partial charge on any atom is -0.493 e. The first kappa shape index (κ1) is 25.4. The highest BCUT2D eigenvalue weighted by Crippen LogP contribution is 2.28. The Labute approximate surface area is 194 Å². The van der Waals surface area contributed by atoms with E-state index in [4.69, 9.17) is 14.2 Å². The van der Waals surface area contributed by atoms with Crippen molar-refractivity contribution in [2.75, 3.05) is 47.6 Å². The van der Waals surface area contributed by atoms with E-state index in [1.165, 1.54) is 12.0 Å². The monoisotopic (exact) mass is 460 g/mol. The molecular formula is C24H32N2O5S. The van der Waals surface area contributed by atoms with Crippen LogP contribution in [0.25, 0.3) is 0 Å². The SMILES string of the molecule is C=CCN(CC(=O)N(CCc1ccc(OC)c(OC)c1)Cc1sccc1C)C(=O)COC. The minimum absolute atomic E-state index is 0.0232. The van der Waals surface area contributed by atoms with Crippen LogP contribution in [-0.2, 0) is 27.3 Å². The molecule has 8 heteroatoms. The Morgan fingerprint density at radius 2 is 1.81 bits per heavy atom. The van der Waals surface area contributed by atoms with Crippen LogP contribution in [-0.4, -0.2) is 69.2 Å². The number of thiophene rings is 1. The fourth-order valence-electron chi connectivity index (χ4n) is 3.22. The lowest BCUT2D eigenvalue weighted by Gasteiger charge is -2.27. The first-order chi connectivity index (χ1) is 15.4. The molecule has 0 fully saturated rings. The molecule has 0 spiro atoms. The number of methoxy groups -OCH3 is 3. The van der Waals surface area contributed by atoms with Crippen molar-refractivity contribution in [2.24, 2.45) is 0 Å². The first-order valence-corrected chi connectivity index (χ1v) is 11.2. The van der Waals surface area contributed by atoms with E-state index in [-0.39, 0.29) is 31.5 Å². The summed E-state index contributed by atoms with van der Waals surface area (Å²) in [7, 11) is 4.66. The lowest BCUT2D eigenvalue weighted by Crippen LogP contribution is -2.44. The summed E-state index contributed by atoms with van der Waals surface area (Å²) in [5.74, 6) is 0.951. The van der Waals surface area contributed by atoms with Gasteiger partial charge >= 0.3 is 0 Å². The van der Waals surface area contributed by atoms with Crippen molar-refractivity contribution >= 4 is 23.2 Å². The molecule has 0 saturated carbocycles. The van der Waals surface area contributed by atoms with Gasteiger partial charge in [-0.3, -0.25) is 9.59 Å². The molecule has 0 saturated heterocycles. The maximum Gasteiger partial charge on any atom is 0.249 e. The van der Waals surface area contributed by atoms with Gasteiger partial charge in [-0.05, 0) is 48.1 Å². The quantitative estimate of drug-likeness (QED) is 0.429. The van der Waals surface area contributed by atoms with E-state index in [9.17, 15) is 9.59 Å². The number of rotatable bonds is 13. The molecule has 7 nitrogen and oxygen atoms in total. The van der Waals surface area contributed by atoms with Crippen molar-refractivity contribution in [3.05, 3.63) is 58.3 Å². The van der Waals surface area contributed by atoms with Crippen LogP contribution in [0.1, 0.15) is 16.0 Å². The predicted molar refractivity (Wildman–Crippen MR) is 126 cm³/mol. The molecule has 0 atom stereocenters. The highest BCUT2D eigenvalue weighted by Gasteiger charge is 2.21. The Balaban J connectivity index is 2.18. The van der Waals surface area contributed by atoms with Crippen LogP contribution >= 0.6 is 11.3 Å². The van der Waals surface area contributed by atoms with E-state index in [1.807, 2.05) is 36.6 Å². The molecule has 0 bridgehead atoms. The number of ether oxygens (including phenoxy) is 3. The molecule has 1 heterocycles. The number of amides is 2. The van der Waals surface area contributed by atoms with E-state index >= 15 is 0 Å². The Kier molecular flexibility index (Phi) is 10.2. The Morgan fingerprint density at radius 1 is 1.06 bits per heavy atom. The topological polar surface area (TPSA) is 68.3 Å². The molecule has 2 aromatic rings. The van der Waals surface area contributed by atoms with Crippen molar-refractivity contribution < 1.29 is 23.8 Å². The van der Waals surface area contributed by atoms with Gasteiger partial charge in [0, 0.05) is 25.1 Å². The third kappa shape index (κ3) is 7.10. The van der Waals surface area contributed by atoms with Gasteiger partial charge < -0.3 is 24.0 Å². The average molecular weight is 461 g/mol. The molecule has 0 radical (unpaired) electrons. The highest BCUT2D eigenvalue weighted by molar-refractivity contribution is 7.10. The standard InChI is InChI=1S/C24H32N2O5S/c1-6-11-25(24(28)17-29-3)16-23(27)26(15-22-18(2)10-13-32-22)12-9-19-7-8-20(30-4)21(14-19)31-5/h6-8,10,13-14H,1,9,11-12,15-17H2,2-5H3.